The Kier molecular flexibility index (Phi) is 6.78. The minimum Gasteiger partial charge on any atom is -0.510 e. The molecule has 0 radical (unpaired) electrons. The average Bonchev–Trinajstić information content (AvgIpc) is 3.32. The van der Waals surface area contributed by atoms with Crippen molar-refractivity contribution < 1.29 is 25.8 Å². The topological polar surface area (TPSA) is 22.2 Å². The first kappa shape index (κ1) is 25.4. The van der Waals surface area contributed by atoms with Gasteiger partial charge in [-0.15, -0.1) is 47.8 Å². The van der Waals surface area contributed by atoms with Crippen molar-refractivity contribution >= 4 is 27.8 Å². The predicted molar refractivity (Wildman–Crippen MR) is 145 cm³/mol. The second kappa shape index (κ2) is 9.89. The second-order valence-electron chi connectivity index (χ2n) is 9.76. The minimum absolute atomic E-state index is 0. The van der Waals surface area contributed by atoms with Gasteiger partial charge >= 0.3 is 21.1 Å². The first-order chi connectivity index (χ1) is 17.4. The Morgan fingerprint density at radius 1 is 0.757 bits per heavy atom. The fraction of sp³-hybridized carbons (Fsp3) is 0.161. The van der Waals surface area contributed by atoms with E-state index in [1.807, 2.05) is 66.2 Å². The monoisotopic (exact) mass is 667 g/mol. The average molecular weight is 668 g/mol. The van der Waals surface area contributed by atoms with E-state index in [4.69, 9.17) is 4.74 Å². The van der Waals surface area contributed by atoms with E-state index in [2.05, 4.69) is 92.0 Å². The maximum atomic E-state index is 6.22. The Bertz CT molecular complexity index is 1470. The van der Waals surface area contributed by atoms with Gasteiger partial charge in [-0.25, -0.2) is 0 Å². The molecule has 6 rings (SSSR count). The number of fused-ring (bicyclic) bond motifs is 2. The zero-order valence-corrected chi connectivity index (χ0v) is 23.5. The van der Waals surface area contributed by atoms with Crippen LogP contribution in [0.1, 0.15) is 19.4 Å². The maximum absolute atomic E-state index is 6.22. The van der Waals surface area contributed by atoms with Crippen LogP contribution in [-0.4, -0.2) is 23.9 Å². The van der Waals surface area contributed by atoms with Crippen LogP contribution in [0.2, 0.25) is 0 Å². The summed E-state index contributed by atoms with van der Waals surface area (Å²) < 4.78 is 6.22. The van der Waals surface area contributed by atoms with Gasteiger partial charge in [0.1, 0.15) is 0 Å². The van der Waals surface area contributed by atoms with Crippen LogP contribution in [0.5, 0.6) is 11.5 Å². The first-order valence-electron chi connectivity index (χ1n) is 12.0. The Morgan fingerprint density at radius 2 is 1.41 bits per heavy atom. The standard InChI is InChI=1S/C31H28N4O.Pt/c1-31(2)29-17-23-9-5-6-10-24(23)18-30(29)35(22-33(31)4)26-12-8-14-28(20-26)36-27-13-7-11-25(19-27)34-16-15-32(3)21-34;/h5-18,21-22H,1-4H3;/q-4;+4. The number of rotatable bonds is 4. The summed E-state index contributed by atoms with van der Waals surface area (Å²) in [5.74, 6) is 1.28. The summed E-state index contributed by atoms with van der Waals surface area (Å²) in [6.07, 6.45) is 3.99. The zero-order valence-electron chi connectivity index (χ0n) is 21.3. The molecule has 0 amide bonds. The Hall–Kier alpha value is -3.27. The van der Waals surface area contributed by atoms with Crippen LogP contribution >= 0.6 is 0 Å². The molecule has 0 fully saturated rings. The van der Waals surface area contributed by atoms with E-state index >= 15 is 0 Å². The molecule has 2 heterocycles. The van der Waals surface area contributed by atoms with Crippen molar-refractivity contribution in [1.29, 1.82) is 0 Å². The molecule has 2 aliphatic heterocycles. The fourth-order valence-electron chi connectivity index (χ4n) is 4.67. The van der Waals surface area contributed by atoms with Gasteiger partial charge in [-0.05, 0) is 68.8 Å². The zero-order chi connectivity index (χ0) is 24.9. The van der Waals surface area contributed by atoms with E-state index in [1.165, 1.54) is 16.3 Å². The number of hydrogen-bond acceptors (Lipinski definition) is 5. The van der Waals surface area contributed by atoms with Gasteiger partial charge in [0.2, 0.25) is 0 Å². The maximum Gasteiger partial charge on any atom is 4.00 e. The molecule has 0 unspecified atom stereocenters. The smallest absolute Gasteiger partial charge is 0.510 e. The molecule has 0 aliphatic carbocycles. The van der Waals surface area contributed by atoms with E-state index in [0.717, 1.165) is 17.1 Å². The van der Waals surface area contributed by atoms with Gasteiger partial charge in [0, 0.05) is 22.7 Å². The molecule has 37 heavy (non-hydrogen) atoms. The summed E-state index contributed by atoms with van der Waals surface area (Å²) >= 11 is 0. The van der Waals surface area contributed by atoms with E-state index in [9.17, 15) is 0 Å². The van der Waals surface area contributed by atoms with Gasteiger partial charge in [-0.1, -0.05) is 24.3 Å². The van der Waals surface area contributed by atoms with Crippen LogP contribution in [0.3, 0.4) is 0 Å². The van der Waals surface area contributed by atoms with Crippen LogP contribution in [-0.2, 0) is 26.6 Å². The molecular weight excluding hydrogens is 639 g/mol. The van der Waals surface area contributed by atoms with Crippen molar-refractivity contribution in [2.45, 2.75) is 19.4 Å². The number of anilines is 3. The molecule has 0 saturated carbocycles. The summed E-state index contributed by atoms with van der Waals surface area (Å²) in [6, 6.07) is 31.8. The van der Waals surface area contributed by atoms with Crippen LogP contribution in [0, 0.1) is 25.5 Å². The first-order valence-corrected chi connectivity index (χ1v) is 12.0. The predicted octanol–water partition coefficient (Wildman–Crippen LogP) is 7.01. The van der Waals surface area contributed by atoms with E-state index < -0.39 is 0 Å². The Labute approximate surface area is 233 Å². The Morgan fingerprint density at radius 3 is 2.08 bits per heavy atom. The van der Waals surface area contributed by atoms with Crippen molar-refractivity contribution in [2.75, 3.05) is 23.9 Å². The largest absolute Gasteiger partial charge is 4.00 e. The van der Waals surface area contributed by atoms with Gasteiger partial charge in [-0.2, -0.15) is 25.5 Å². The summed E-state index contributed by atoms with van der Waals surface area (Å²) in [5, 5.41) is 2.46. The van der Waals surface area contributed by atoms with Crippen LogP contribution in [0.4, 0.5) is 17.1 Å². The molecule has 2 aliphatic rings. The minimum atomic E-state index is -0.144. The SMILES string of the molecule is CN1C=CN(c2[c-]c(Oc3[c-]c(N4[CH-]N(C)C(C)(C)c5cc6ccccc6cc54)ccc3)ccc2)[CH-]1.[Pt+4]. The molecule has 0 bridgehead atoms. The molecule has 5 nitrogen and oxygen atoms in total. The molecular formula is C31H28N4OPt. The van der Waals surface area contributed by atoms with Gasteiger partial charge in [0.05, 0.1) is 0 Å². The second-order valence-corrected chi connectivity index (χ2v) is 9.76. The summed E-state index contributed by atoms with van der Waals surface area (Å²) in [5.41, 5.74) is 4.11. The van der Waals surface area contributed by atoms with Crippen LogP contribution in [0.15, 0.2) is 85.2 Å². The third-order valence-corrected chi connectivity index (χ3v) is 6.99. The molecule has 0 N–H and O–H groups in total. The fourth-order valence-corrected chi connectivity index (χ4v) is 4.67. The van der Waals surface area contributed by atoms with Crippen molar-refractivity contribution in [1.82, 2.24) is 9.80 Å². The molecule has 0 saturated heterocycles. The Balaban J connectivity index is 0.00000280. The summed E-state index contributed by atoms with van der Waals surface area (Å²) in [6.45, 7) is 8.65. The van der Waals surface area contributed by atoms with Crippen molar-refractivity contribution in [3.05, 3.63) is 116 Å². The molecule has 6 heteroatoms. The molecule has 0 atom stereocenters. The van der Waals surface area contributed by atoms with Crippen LogP contribution < -0.4 is 14.5 Å². The quantitative estimate of drug-likeness (QED) is 0.218. The number of hydrogen-bond donors (Lipinski definition) is 0. The van der Waals surface area contributed by atoms with Gasteiger partial charge < -0.3 is 24.3 Å². The number of ether oxygens (including phenoxy) is 1. The number of nitrogens with zero attached hydrogens (tertiary/aromatic N) is 4. The normalized spacial score (nSPS) is 16.6. The van der Waals surface area contributed by atoms with Crippen LogP contribution in [0.25, 0.3) is 10.8 Å². The summed E-state index contributed by atoms with van der Waals surface area (Å²) in [7, 11) is 4.11. The molecule has 188 valence electrons. The van der Waals surface area contributed by atoms with E-state index in [1.54, 1.807) is 0 Å². The molecule has 0 spiro atoms. The van der Waals surface area contributed by atoms with Crippen molar-refractivity contribution in [3.8, 4) is 11.5 Å². The van der Waals surface area contributed by atoms with Gasteiger partial charge in [0.15, 0.2) is 0 Å². The molecule has 4 aromatic carbocycles. The van der Waals surface area contributed by atoms with Crippen molar-refractivity contribution in [3.63, 3.8) is 0 Å². The molecule has 4 aromatic rings. The van der Waals surface area contributed by atoms with Gasteiger partial charge in [0.25, 0.3) is 0 Å². The molecule has 0 aromatic heterocycles. The number of benzene rings is 4. The third kappa shape index (κ3) is 4.74. The third-order valence-electron chi connectivity index (χ3n) is 6.99. The summed E-state index contributed by atoms with van der Waals surface area (Å²) in [4.78, 5) is 8.45. The van der Waals surface area contributed by atoms with E-state index in [0.29, 0.717) is 11.5 Å². The van der Waals surface area contributed by atoms with Crippen molar-refractivity contribution in [2.24, 2.45) is 0 Å². The van der Waals surface area contributed by atoms with Gasteiger partial charge in [-0.3, -0.25) is 0 Å². The van der Waals surface area contributed by atoms with E-state index in [-0.39, 0.29) is 26.6 Å².